The van der Waals surface area contributed by atoms with Crippen LogP contribution >= 0.6 is 0 Å². The van der Waals surface area contributed by atoms with Crippen LogP contribution in [0.5, 0.6) is 0 Å². The monoisotopic (exact) mass is 257 g/mol. The Kier molecular flexibility index (Phi) is 4.05. The molecule has 1 amide bonds. The third-order valence-corrected chi connectivity index (χ3v) is 4.10. The summed E-state index contributed by atoms with van der Waals surface area (Å²) in [6.07, 6.45) is 0.784. The molecule has 5 heteroatoms. The second kappa shape index (κ2) is 4.88. The van der Waals surface area contributed by atoms with E-state index in [2.05, 4.69) is 5.32 Å². The molecule has 0 radical (unpaired) electrons. The van der Waals surface area contributed by atoms with Crippen LogP contribution < -0.4 is 5.32 Å². The Morgan fingerprint density at radius 3 is 2.22 bits per heavy atom. The number of hydrogen-bond donors (Lipinski definition) is 2. The fraction of sp³-hybridized carbons (Fsp3) is 0.846. The van der Waals surface area contributed by atoms with E-state index in [4.69, 9.17) is 4.74 Å². The van der Waals surface area contributed by atoms with Crippen molar-refractivity contribution in [3.8, 4) is 0 Å². The molecule has 1 saturated heterocycles. The maximum atomic E-state index is 12.1. The van der Waals surface area contributed by atoms with Crippen LogP contribution in [0.4, 0.5) is 0 Å². The van der Waals surface area contributed by atoms with Crippen LogP contribution in [-0.2, 0) is 14.3 Å². The van der Waals surface area contributed by atoms with E-state index in [1.165, 1.54) is 0 Å². The second-order valence-corrected chi connectivity index (χ2v) is 6.12. The highest BCUT2D eigenvalue weighted by molar-refractivity contribution is 5.82. The van der Waals surface area contributed by atoms with Gasteiger partial charge in [-0.05, 0) is 41.0 Å². The van der Waals surface area contributed by atoms with Crippen LogP contribution in [0.1, 0.15) is 41.0 Å². The van der Waals surface area contributed by atoms with Crippen molar-refractivity contribution in [2.75, 3.05) is 6.61 Å². The van der Waals surface area contributed by atoms with Crippen molar-refractivity contribution in [2.24, 2.45) is 11.3 Å². The molecule has 5 nitrogen and oxygen atoms in total. The first kappa shape index (κ1) is 15.0. The topological polar surface area (TPSA) is 75.6 Å². The standard InChI is InChI=1S/C13H23NO4/c1-8-6-9(7-18-8)10(15)14-13(4,5)12(2,3)11(16)17/h8-9H,6-7H2,1-5H3,(H,14,15)(H,16,17). The fourth-order valence-electron chi connectivity index (χ4n) is 1.83. The van der Waals surface area contributed by atoms with E-state index in [1.807, 2.05) is 6.92 Å². The van der Waals surface area contributed by atoms with E-state index in [1.54, 1.807) is 27.7 Å². The lowest BCUT2D eigenvalue weighted by molar-refractivity contribution is -0.152. The van der Waals surface area contributed by atoms with Gasteiger partial charge in [-0.25, -0.2) is 0 Å². The summed E-state index contributed by atoms with van der Waals surface area (Å²) in [4.78, 5) is 23.3. The third-order valence-electron chi connectivity index (χ3n) is 4.10. The summed E-state index contributed by atoms with van der Waals surface area (Å²) >= 11 is 0. The Balaban J connectivity index is 2.71. The number of nitrogens with one attached hydrogen (secondary N) is 1. The number of carbonyl (C=O) groups excluding carboxylic acids is 1. The Morgan fingerprint density at radius 2 is 1.83 bits per heavy atom. The van der Waals surface area contributed by atoms with Gasteiger partial charge in [0.05, 0.1) is 24.0 Å². The molecule has 0 saturated carbocycles. The van der Waals surface area contributed by atoms with Gasteiger partial charge in [0, 0.05) is 5.54 Å². The van der Waals surface area contributed by atoms with Gasteiger partial charge in [-0.1, -0.05) is 0 Å². The number of ether oxygens (including phenoxy) is 1. The smallest absolute Gasteiger partial charge is 0.311 e. The average molecular weight is 257 g/mol. The Bertz CT molecular complexity index is 349. The summed E-state index contributed by atoms with van der Waals surface area (Å²) in [5.74, 6) is -1.23. The predicted octanol–water partition coefficient (Wildman–Crippen LogP) is 1.42. The van der Waals surface area contributed by atoms with Crippen molar-refractivity contribution >= 4 is 11.9 Å². The first-order valence-electron chi connectivity index (χ1n) is 6.25. The van der Waals surface area contributed by atoms with Crippen molar-refractivity contribution < 1.29 is 19.4 Å². The molecular weight excluding hydrogens is 234 g/mol. The summed E-state index contributed by atoms with van der Waals surface area (Å²) in [5, 5.41) is 12.1. The summed E-state index contributed by atoms with van der Waals surface area (Å²) in [6, 6.07) is 0. The number of rotatable bonds is 4. The molecule has 1 aliphatic rings. The van der Waals surface area contributed by atoms with Crippen molar-refractivity contribution in [1.29, 1.82) is 0 Å². The molecule has 1 rings (SSSR count). The largest absolute Gasteiger partial charge is 0.481 e. The van der Waals surface area contributed by atoms with Gasteiger partial charge < -0.3 is 15.2 Å². The van der Waals surface area contributed by atoms with Gasteiger partial charge in [0.25, 0.3) is 0 Å². The molecule has 2 unspecified atom stereocenters. The zero-order chi connectivity index (χ0) is 14.1. The lowest BCUT2D eigenvalue weighted by Crippen LogP contribution is -2.58. The van der Waals surface area contributed by atoms with Crippen LogP contribution in [0.15, 0.2) is 0 Å². The lowest BCUT2D eigenvalue weighted by Gasteiger charge is -2.39. The Morgan fingerprint density at radius 1 is 1.28 bits per heavy atom. The molecule has 1 heterocycles. The molecular formula is C13H23NO4. The van der Waals surface area contributed by atoms with E-state index < -0.39 is 16.9 Å². The van der Waals surface area contributed by atoms with Gasteiger partial charge in [0.15, 0.2) is 0 Å². The molecule has 0 aromatic rings. The summed E-state index contributed by atoms with van der Waals surface area (Å²) < 4.78 is 5.36. The van der Waals surface area contributed by atoms with Crippen molar-refractivity contribution in [1.82, 2.24) is 5.32 Å². The molecule has 0 aromatic carbocycles. The highest BCUT2D eigenvalue weighted by Crippen LogP contribution is 2.31. The van der Waals surface area contributed by atoms with Gasteiger partial charge in [-0.2, -0.15) is 0 Å². The number of carboxylic acids is 1. The zero-order valence-electron chi connectivity index (χ0n) is 11.7. The van der Waals surface area contributed by atoms with Crippen LogP contribution in [0, 0.1) is 11.3 Å². The third kappa shape index (κ3) is 2.83. The Labute approximate surface area is 108 Å². The van der Waals surface area contributed by atoms with Gasteiger partial charge in [0.2, 0.25) is 5.91 Å². The molecule has 0 spiro atoms. The summed E-state index contributed by atoms with van der Waals surface area (Å²) in [7, 11) is 0. The van der Waals surface area contributed by atoms with Crippen LogP contribution in [0.3, 0.4) is 0 Å². The van der Waals surface area contributed by atoms with E-state index in [9.17, 15) is 14.7 Å². The zero-order valence-corrected chi connectivity index (χ0v) is 11.7. The predicted molar refractivity (Wildman–Crippen MR) is 67.2 cm³/mol. The van der Waals surface area contributed by atoms with Gasteiger partial charge in [0.1, 0.15) is 0 Å². The number of carboxylic acid groups (broad SMARTS) is 1. The highest BCUT2D eigenvalue weighted by atomic mass is 16.5. The highest BCUT2D eigenvalue weighted by Gasteiger charge is 2.45. The van der Waals surface area contributed by atoms with E-state index in [0.29, 0.717) is 13.0 Å². The van der Waals surface area contributed by atoms with Gasteiger partial charge in [-0.3, -0.25) is 9.59 Å². The fourth-order valence-corrected chi connectivity index (χ4v) is 1.83. The van der Waals surface area contributed by atoms with E-state index in [-0.39, 0.29) is 17.9 Å². The Hall–Kier alpha value is -1.10. The molecule has 1 aliphatic heterocycles. The van der Waals surface area contributed by atoms with Crippen LogP contribution in [0.2, 0.25) is 0 Å². The molecule has 2 atom stereocenters. The number of carbonyl (C=O) groups is 2. The maximum absolute atomic E-state index is 12.1. The van der Waals surface area contributed by atoms with Crippen molar-refractivity contribution in [3.05, 3.63) is 0 Å². The minimum Gasteiger partial charge on any atom is -0.481 e. The molecule has 0 aromatic heterocycles. The van der Waals surface area contributed by atoms with Crippen LogP contribution in [-0.4, -0.2) is 35.2 Å². The average Bonchev–Trinajstić information content (AvgIpc) is 2.63. The molecule has 18 heavy (non-hydrogen) atoms. The SMILES string of the molecule is CC1CC(C(=O)NC(C)(C)C(C)(C)C(=O)O)CO1. The second-order valence-electron chi connectivity index (χ2n) is 6.12. The molecule has 0 bridgehead atoms. The van der Waals surface area contributed by atoms with Crippen molar-refractivity contribution in [3.63, 3.8) is 0 Å². The summed E-state index contributed by atoms with van der Waals surface area (Å²) in [5.41, 5.74) is -1.85. The van der Waals surface area contributed by atoms with Gasteiger partial charge in [-0.15, -0.1) is 0 Å². The molecule has 0 aliphatic carbocycles. The number of amides is 1. The number of hydrogen-bond acceptors (Lipinski definition) is 3. The lowest BCUT2D eigenvalue weighted by atomic mass is 9.74. The first-order valence-corrected chi connectivity index (χ1v) is 6.25. The minimum atomic E-state index is -1.03. The first-order chi connectivity index (χ1) is 8.08. The normalized spacial score (nSPS) is 24.9. The summed E-state index contributed by atoms with van der Waals surface area (Å²) in [6.45, 7) is 9.04. The van der Waals surface area contributed by atoms with Gasteiger partial charge >= 0.3 is 5.97 Å². The van der Waals surface area contributed by atoms with Crippen molar-refractivity contribution in [2.45, 2.75) is 52.7 Å². The molecule has 2 N–H and O–H groups in total. The van der Waals surface area contributed by atoms with Crippen LogP contribution in [0.25, 0.3) is 0 Å². The minimum absolute atomic E-state index is 0.0938. The van der Waals surface area contributed by atoms with E-state index in [0.717, 1.165) is 0 Å². The molecule has 1 fully saturated rings. The quantitative estimate of drug-likeness (QED) is 0.798. The van der Waals surface area contributed by atoms with E-state index >= 15 is 0 Å². The molecule has 104 valence electrons. The number of aliphatic carboxylic acids is 1. The maximum Gasteiger partial charge on any atom is 0.311 e.